The molecule has 1 aliphatic rings. The van der Waals surface area contributed by atoms with Gasteiger partial charge in [0.15, 0.2) is 5.82 Å². The van der Waals surface area contributed by atoms with Crippen molar-refractivity contribution in [2.24, 2.45) is 0 Å². The van der Waals surface area contributed by atoms with Crippen molar-refractivity contribution in [3.05, 3.63) is 5.82 Å². The van der Waals surface area contributed by atoms with Crippen molar-refractivity contribution in [1.29, 1.82) is 0 Å². The Balaban J connectivity index is 2.08. The number of aromatic nitrogens is 4. The number of hydrogen-bond acceptors (Lipinski definition) is 5. The van der Waals surface area contributed by atoms with Crippen LogP contribution in [0.2, 0.25) is 0 Å². The monoisotopic (exact) mass is 226 g/mol. The quantitative estimate of drug-likeness (QED) is 0.620. The third kappa shape index (κ3) is 2.35. The molecule has 0 aliphatic carbocycles. The van der Waals surface area contributed by atoms with Gasteiger partial charge in [0.25, 0.3) is 0 Å². The van der Waals surface area contributed by atoms with E-state index in [1.807, 2.05) is 0 Å². The maximum absolute atomic E-state index is 11.2. The van der Waals surface area contributed by atoms with Crippen molar-refractivity contribution in [1.82, 2.24) is 20.2 Å². The lowest BCUT2D eigenvalue weighted by Gasteiger charge is -2.18. The number of ether oxygens (including phenoxy) is 1. The van der Waals surface area contributed by atoms with Crippen molar-refractivity contribution in [2.75, 3.05) is 20.2 Å². The summed E-state index contributed by atoms with van der Waals surface area (Å²) in [4.78, 5) is 11.2. The fourth-order valence-corrected chi connectivity index (χ4v) is 1.99. The Morgan fingerprint density at radius 1 is 1.56 bits per heavy atom. The van der Waals surface area contributed by atoms with Gasteiger partial charge in [-0.25, -0.2) is 4.68 Å². The highest BCUT2D eigenvalue weighted by Gasteiger charge is 2.24. The standard InChI is InChI=1S/C9H15N5O2/c1-16-8(15)6-14-9(11-12-13-14)7-2-4-10-5-3-7/h7,10H,2-6H2,1H3/p+1. The second-order valence-electron chi connectivity index (χ2n) is 3.91. The Morgan fingerprint density at radius 2 is 2.31 bits per heavy atom. The summed E-state index contributed by atoms with van der Waals surface area (Å²) < 4.78 is 6.15. The van der Waals surface area contributed by atoms with Crippen molar-refractivity contribution in [2.45, 2.75) is 25.3 Å². The van der Waals surface area contributed by atoms with Gasteiger partial charge in [0.2, 0.25) is 0 Å². The molecule has 0 spiro atoms. The number of nitrogens with two attached hydrogens (primary N) is 1. The summed E-state index contributed by atoms with van der Waals surface area (Å²) in [6.07, 6.45) is 2.11. The summed E-state index contributed by atoms with van der Waals surface area (Å²) in [5.41, 5.74) is 0. The van der Waals surface area contributed by atoms with Crippen LogP contribution in [0.15, 0.2) is 0 Å². The Morgan fingerprint density at radius 3 is 3.00 bits per heavy atom. The largest absolute Gasteiger partial charge is 0.468 e. The van der Waals surface area contributed by atoms with Gasteiger partial charge in [-0.3, -0.25) is 4.79 Å². The molecular weight excluding hydrogens is 210 g/mol. The second kappa shape index (κ2) is 5.02. The zero-order valence-electron chi connectivity index (χ0n) is 9.30. The molecule has 2 heterocycles. The summed E-state index contributed by atoms with van der Waals surface area (Å²) in [7, 11) is 1.36. The molecule has 7 nitrogen and oxygen atoms in total. The van der Waals surface area contributed by atoms with Crippen LogP contribution in [0, 0.1) is 0 Å². The van der Waals surface area contributed by atoms with Crippen LogP contribution in [0.3, 0.4) is 0 Å². The lowest BCUT2D eigenvalue weighted by Crippen LogP contribution is -2.86. The van der Waals surface area contributed by atoms with Crippen LogP contribution in [0.1, 0.15) is 24.6 Å². The molecule has 2 N–H and O–H groups in total. The minimum atomic E-state index is -0.323. The molecule has 88 valence electrons. The summed E-state index contributed by atoms with van der Waals surface area (Å²) in [6, 6.07) is 0. The van der Waals surface area contributed by atoms with Gasteiger partial charge in [0, 0.05) is 18.8 Å². The Hall–Kier alpha value is -1.50. The van der Waals surface area contributed by atoms with Crippen molar-refractivity contribution >= 4 is 5.97 Å². The van der Waals surface area contributed by atoms with Gasteiger partial charge in [-0.2, -0.15) is 0 Å². The summed E-state index contributed by atoms with van der Waals surface area (Å²) >= 11 is 0. The van der Waals surface area contributed by atoms with E-state index in [-0.39, 0.29) is 12.5 Å². The molecule has 1 aromatic rings. The minimum Gasteiger partial charge on any atom is -0.468 e. The van der Waals surface area contributed by atoms with Gasteiger partial charge >= 0.3 is 5.97 Å². The highest BCUT2D eigenvalue weighted by Crippen LogP contribution is 2.20. The molecule has 0 atom stereocenters. The number of rotatable bonds is 3. The SMILES string of the molecule is COC(=O)Cn1nnnc1C1CC[NH2+]CC1. The van der Waals surface area contributed by atoms with Crippen LogP contribution >= 0.6 is 0 Å². The maximum atomic E-state index is 11.2. The number of esters is 1. The summed E-state index contributed by atoms with van der Waals surface area (Å²) in [6.45, 7) is 2.28. The molecule has 1 fully saturated rings. The average Bonchev–Trinajstić information content (AvgIpc) is 2.78. The first kappa shape index (κ1) is 11.0. The highest BCUT2D eigenvalue weighted by atomic mass is 16.5. The topological polar surface area (TPSA) is 86.5 Å². The van der Waals surface area contributed by atoms with E-state index in [4.69, 9.17) is 0 Å². The van der Waals surface area contributed by atoms with Crippen LogP contribution in [0.25, 0.3) is 0 Å². The van der Waals surface area contributed by atoms with E-state index in [9.17, 15) is 4.79 Å². The van der Waals surface area contributed by atoms with Gasteiger partial charge in [-0.1, -0.05) is 0 Å². The van der Waals surface area contributed by atoms with Crippen LogP contribution in [-0.4, -0.2) is 46.4 Å². The average molecular weight is 226 g/mol. The van der Waals surface area contributed by atoms with Crippen LogP contribution in [0.4, 0.5) is 0 Å². The summed E-state index contributed by atoms with van der Waals surface area (Å²) in [5, 5.41) is 13.7. The smallest absolute Gasteiger partial charge is 0.327 e. The molecule has 1 saturated heterocycles. The lowest BCUT2D eigenvalue weighted by atomic mass is 9.97. The number of quaternary nitrogens is 1. The normalized spacial score (nSPS) is 17.3. The first-order chi connectivity index (χ1) is 7.81. The number of carbonyl (C=O) groups excluding carboxylic acids is 1. The Kier molecular flexibility index (Phi) is 3.45. The van der Waals surface area contributed by atoms with E-state index in [0.29, 0.717) is 5.92 Å². The van der Waals surface area contributed by atoms with Gasteiger partial charge in [0.1, 0.15) is 6.54 Å². The molecule has 0 radical (unpaired) electrons. The predicted octanol–water partition coefficient (Wildman–Crippen LogP) is -1.71. The first-order valence-corrected chi connectivity index (χ1v) is 5.46. The minimum absolute atomic E-state index is 0.0963. The number of nitrogens with zero attached hydrogens (tertiary/aromatic N) is 4. The third-order valence-electron chi connectivity index (χ3n) is 2.87. The van der Waals surface area contributed by atoms with Crippen molar-refractivity contribution < 1.29 is 14.8 Å². The Labute approximate surface area is 93.2 Å². The fraction of sp³-hybridized carbons (Fsp3) is 0.778. The molecule has 0 unspecified atom stereocenters. The fourth-order valence-electron chi connectivity index (χ4n) is 1.99. The molecule has 7 heteroatoms. The number of hydrogen-bond donors (Lipinski definition) is 1. The van der Waals surface area contributed by atoms with E-state index in [1.54, 1.807) is 4.68 Å². The van der Waals surface area contributed by atoms with Gasteiger partial charge in [-0.05, 0) is 10.4 Å². The lowest BCUT2D eigenvalue weighted by molar-refractivity contribution is -0.663. The molecule has 0 amide bonds. The number of piperidine rings is 1. The predicted molar refractivity (Wildman–Crippen MR) is 53.5 cm³/mol. The zero-order chi connectivity index (χ0) is 11.4. The van der Waals surface area contributed by atoms with Gasteiger partial charge in [0.05, 0.1) is 20.2 Å². The molecule has 0 aromatic carbocycles. The van der Waals surface area contributed by atoms with E-state index in [2.05, 4.69) is 25.6 Å². The summed E-state index contributed by atoms with van der Waals surface area (Å²) in [5.74, 6) is 0.846. The number of tetrazole rings is 1. The van der Waals surface area contributed by atoms with Crippen LogP contribution < -0.4 is 5.32 Å². The van der Waals surface area contributed by atoms with E-state index in [1.165, 1.54) is 7.11 Å². The Bertz CT molecular complexity index is 359. The second-order valence-corrected chi connectivity index (χ2v) is 3.91. The first-order valence-electron chi connectivity index (χ1n) is 5.46. The molecule has 0 bridgehead atoms. The molecule has 1 aromatic heterocycles. The molecule has 0 saturated carbocycles. The van der Waals surface area contributed by atoms with E-state index < -0.39 is 0 Å². The van der Waals surface area contributed by atoms with E-state index >= 15 is 0 Å². The van der Waals surface area contributed by atoms with Crippen LogP contribution in [0.5, 0.6) is 0 Å². The third-order valence-corrected chi connectivity index (χ3v) is 2.87. The maximum Gasteiger partial charge on any atom is 0.327 e. The number of carbonyl (C=O) groups is 1. The molecular formula is C9H16N5O2+. The van der Waals surface area contributed by atoms with Gasteiger partial charge < -0.3 is 10.1 Å². The van der Waals surface area contributed by atoms with Crippen molar-refractivity contribution in [3.63, 3.8) is 0 Å². The van der Waals surface area contributed by atoms with Gasteiger partial charge in [-0.15, -0.1) is 5.10 Å². The van der Waals surface area contributed by atoms with Crippen molar-refractivity contribution in [3.8, 4) is 0 Å². The molecule has 2 rings (SSSR count). The van der Waals surface area contributed by atoms with E-state index in [0.717, 1.165) is 31.8 Å². The molecule has 1 aliphatic heterocycles. The number of methoxy groups -OCH3 is 1. The molecule has 16 heavy (non-hydrogen) atoms. The zero-order valence-corrected chi connectivity index (χ0v) is 9.30. The van der Waals surface area contributed by atoms with Crippen LogP contribution in [-0.2, 0) is 16.1 Å². The highest BCUT2D eigenvalue weighted by molar-refractivity contribution is 5.68.